The molecule has 1 aromatic heterocycles. The number of rotatable bonds is 4. The number of benzene rings is 2. The predicted molar refractivity (Wildman–Crippen MR) is 117 cm³/mol. The highest BCUT2D eigenvalue weighted by molar-refractivity contribution is 5.98. The van der Waals surface area contributed by atoms with Crippen LogP contribution in [-0.2, 0) is 6.61 Å². The number of guanidine groups is 1. The van der Waals surface area contributed by atoms with Gasteiger partial charge in [-0.25, -0.2) is 18.8 Å². The zero-order valence-electron chi connectivity index (χ0n) is 16.9. The summed E-state index contributed by atoms with van der Waals surface area (Å²) in [6.07, 6.45) is 1.79. The lowest BCUT2D eigenvalue weighted by atomic mass is 9.94. The van der Waals surface area contributed by atoms with Gasteiger partial charge in [-0.15, -0.1) is 0 Å². The second-order valence-electron chi connectivity index (χ2n) is 7.01. The Bertz CT molecular complexity index is 1340. The van der Waals surface area contributed by atoms with Gasteiger partial charge in [0.1, 0.15) is 41.7 Å². The Morgan fingerprint density at radius 1 is 1.09 bits per heavy atom. The first kappa shape index (κ1) is 21.3. The van der Waals surface area contributed by atoms with Gasteiger partial charge in [-0.1, -0.05) is 24.3 Å². The average Bonchev–Trinajstić information content (AvgIpc) is 2.80. The molecule has 0 saturated carbocycles. The molecule has 33 heavy (non-hydrogen) atoms. The van der Waals surface area contributed by atoms with Crippen LogP contribution in [0.2, 0.25) is 0 Å². The summed E-state index contributed by atoms with van der Waals surface area (Å²) in [6, 6.07) is 11.7. The fourth-order valence-electron chi connectivity index (χ4n) is 3.35. The number of nitrogens with two attached hydrogens (primary N) is 2. The molecule has 0 aliphatic carbocycles. The Hall–Kier alpha value is -4.90. The van der Waals surface area contributed by atoms with E-state index in [0.717, 1.165) is 17.7 Å². The van der Waals surface area contributed by atoms with Crippen molar-refractivity contribution in [3.05, 3.63) is 76.4 Å². The van der Waals surface area contributed by atoms with Crippen molar-refractivity contribution in [3.63, 3.8) is 0 Å². The number of aromatic nitrogens is 1. The van der Waals surface area contributed by atoms with Crippen LogP contribution in [0.4, 0.5) is 26.1 Å². The zero-order valence-corrected chi connectivity index (χ0v) is 16.9. The molecule has 3 aromatic rings. The van der Waals surface area contributed by atoms with Crippen molar-refractivity contribution >= 4 is 23.3 Å². The maximum Gasteiger partial charge on any atom is 0.211 e. The number of ether oxygens (including phenoxy) is 1. The Morgan fingerprint density at radius 2 is 1.85 bits per heavy atom. The van der Waals surface area contributed by atoms with Crippen LogP contribution in [0, 0.1) is 34.4 Å². The van der Waals surface area contributed by atoms with Crippen LogP contribution in [0.25, 0.3) is 0 Å². The summed E-state index contributed by atoms with van der Waals surface area (Å²) < 4.78 is 31.9. The van der Waals surface area contributed by atoms with Gasteiger partial charge in [0, 0.05) is 11.6 Å². The van der Waals surface area contributed by atoms with Crippen molar-refractivity contribution in [2.75, 3.05) is 16.8 Å². The molecule has 164 valence electrons. The van der Waals surface area contributed by atoms with Crippen LogP contribution >= 0.6 is 0 Å². The van der Waals surface area contributed by atoms with Crippen molar-refractivity contribution in [2.45, 2.75) is 12.6 Å². The van der Waals surface area contributed by atoms with E-state index in [4.69, 9.17) is 21.5 Å². The molecule has 0 radical (unpaired) electrons. The fourth-order valence-corrected chi connectivity index (χ4v) is 3.35. The Labute approximate surface area is 186 Å². The van der Waals surface area contributed by atoms with E-state index in [-0.39, 0.29) is 41.2 Å². The number of pyridine rings is 1. The molecule has 2 heterocycles. The van der Waals surface area contributed by atoms with E-state index >= 15 is 0 Å². The van der Waals surface area contributed by atoms with Gasteiger partial charge in [0.2, 0.25) is 5.96 Å². The molecule has 11 heteroatoms. The molecule has 1 atom stereocenters. The standard InChI is InChI=1S/C22H16F2N8O/c23-15-6-5-13(7-16(15)24)33-9-11-1-3-12(4-2-11)19-17-18(27)14(8-25)20(28)31-21(17)32-22(30-19)29-10-26/h1-7,19H,9H2,(H6,27,28,29,30,31,32). The van der Waals surface area contributed by atoms with E-state index in [2.05, 4.69) is 20.6 Å². The number of halogens is 2. The van der Waals surface area contributed by atoms with Crippen molar-refractivity contribution in [1.29, 1.82) is 10.5 Å². The Morgan fingerprint density at radius 3 is 2.52 bits per heavy atom. The lowest BCUT2D eigenvalue weighted by molar-refractivity contribution is 0.303. The fraction of sp³-hybridized carbons (Fsp3) is 0.0909. The Balaban J connectivity index is 1.63. The molecule has 1 aliphatic rings. The third-order valence-electron chi connectivity index (χ3n) is 4.95. The summed E-state index contributed by atoms with van der Waals surface area (Å²) in [7, 11) is 0. The topological polar surface area (TPSA) is 158 Å². The minimum atomic E-state index is -0.990. The van der Waals surface area contributed by atoms with Crippen LogP contribution in [0.5, 0.6) is 5.75 Å². The minimum Gasteiger partial charge on any atom is -0.489 e. The molecular weight excluding hydrogens is 430 g/mol. The number of nitrogens with one attached hydrogen (secondary N) is 2. The number of nitrogens with zero attached hydrogens (tertiary/aromatic N) is 4. The monoisotopic (exact) mass is 446 g/mol. The molecule has 4 rings (SSSR count). The van der Waals surface area contributed by atoms with Gasteiger partial charge in [0.15, 0.2) is 17.8 Å². The summed E-state index contributed by atoms with van der Waals surface area (Å²) in [5.74, 6) is -1.35. The number of anilines is 3. The van der Waals surface area contributed by atoms with Crippen LogP contribution in [0.15, 0.2) is 47.5 Å². The molecule has 0 bridgehead atoms. The van der Waals surface area contributed by atoms with Crippen molar-refractivity contribution in [3.8, 4) is 18.0 Å². The molecular formula is C22H16F2N8O. The van der Waals surface area contributed by atoms with Crippen LogP contribution in [0.3, 0.4) is 0 Å². The van der Waals surface area contributed by atoms with Gasteiger partial charge in [-0.3, -0.25) is 5.32 Å². The molecule has 6 N–H and O–H groups in total. The highest BCUT2D eigenvalue weighted by Crippen LogP contribution is 2.40. The largest absolute Gasteiger partial charge is 0.489 e. The first-order chi connectivity index (χ1) is 15.9. The summed E-state index contributed by atoms with van der Waals surface area (Å²) in [5, 5.41) is 23.7. The molecule has 0 saturated heterocycles. The number of nitrogen functional groups attached to an aromatic ring is 2. The van der Waals surface area contributed by atoms with E-state index in [9.17, 15) is 14.0 Å². The SMILES string of the molecule is N#CNC1=NC(c2ccc(COc3ccc(F)c(F)c3)cc2)c2c(nc(N)c(C#N)c2N)N1. The van der Waals surface area contributed by atoms with Gasteiger partial charge in [-0.2, -0.15) is 10.5 Å². The van der Waals surface area contributed by atoms with Crippen LogP contribution in [-0.4, -0.2) is 10.9 Å². The molecule has 9 nitrogen and oxygen atoms in total. The van der Waals surface area contributed by atoms with Crippen LogP contribution < -0.4 is 26.8 Å². The lowest BCUT2D eigenvalue weighted by Crippen LogP contribution is -2.32. The van der Waals surface area contributed by atoms with Crippen molar-refractivity contribution in [1.82, 2.24) is 10.3 Å². The third kappa shape index (κ3) is 4.16. The highest BCUT2D eigenvalue weighted by Gasteiger charge is 2.29. The summed E-state index contributed by atoms with van der Waals surface area (Å²) >= 11 is 0. The van der Waals surface area contributed by atoms with Gasteiger partial charge in [-0.05, 0) is 23.3 Å². The second kappa shape index (κ2) is 8.69. The highest BCUT2D eigenvalue weighted by atomic mass is 19.2. The maximum absolute atomic E-state index is 13.3. The zero-order chi connectivity index (χ0) is 23.5. The Kier molecular flexibility index (Phi) is 5.62. The molecule has 0 amide bonds. The quantitative estimate of drug-likeness (QED) is 0.352. The second-order valence-corrected chi connectivity index (χ2v) is 7.01. The van der Waals surface area contributed by atoms with E-state index in [1.165, 1.54) is 6.07 Å². The van der Waals surface area contributed by atoms with Crippen LogP contribution in [0.1, 0.15) is 28.3 Å². The first-order valence-electron chi connectivity index (χ1n) is 9.56. The van der Waals surface area contributed by atoms with Gasteiger partial charge >= 0.3 is 0 Å². The van der Waals surface area contributed by atoms with E-state index < -0.39 is 17.7 Å². The molecule has 1 aliphatic heterocycles. The number of fused-ring (bicyclic) bond motifs is 1. The smallest absolute Gasteiger partial charge is 0.211 e. The summed E-state index contributed by atoms with van der Waals surface area (Å²) in [6.45, 7) is 0.122. The van der Waals surface area contributed by atoms with E-state index in [0.29, 0.717) is 11.1 Å². The van der Waals surface area contributed by atoms with Crippen molar-refractivity contribution in [2.24, 2.45) is 4.99 Å². The normalized spacial score (nSPS) is 14.2. The third-order valence-corrected chi connectivity index (χ3v) is 4.95. The summed E-state index contributed by atoms with van der Waals surface area (Å²) in [5.41, 5.74) is 14.2. The van der Waals surface area contributed by atoms with E-state index in [1.54, 1.807) is 30.5 Å². The van der Waals surface area contributed by atoms with Crippen molar-refractivity contribution < 1.29 is 13.5 Å². The maximum atomic E-state index is 13.3. The number of aliphatic imine (C=N–C) groups is 1. The first-order valence-corrected chi connectivity index (χ1v) is 9.56. The predicted octanol–water partition coefficient (Wildman–Crippen LogP) is 2.92. The number of hydrogen-bond donors (Lipinski definition) is 4. The minimum absolute atomic E-state index is 0.0389. The summed E-state index contributed by atoms with van der Waals surface area (Å²) in [4.78, 5) is 8.69. The average molecular weight is 446 g/mol. The van der Waals surface area contributed by atoms with E-state index in [1.807, 2.05) is 6.07 Å². The van der Waals surface area contributed by atoms with Gasteiger partial charge in [0.25, 0.3) is 0 Å². The molecule has 0 fully saturated rings. The number of nitriles is 2. The number of hydrogen-bond acceptors (Lipinski definition) is 9. The van der Waals surface area contributed by atoms with Gasteiger partial charge in [0.05, 0.1) is 5.69 Å². The molecule has 2 aromatic carbocycles. The molecule has 1 unspecified atom stereocenters. The lowest BCUT2D eigenvalue weighted by Gasteiger charge is -2.26. The molecule has 0 spiro atoms. The van der Waals surface area contributed by atoms with Gasteiger partial charge < -0.3 is 21.5 Å².